The van der Waals surface area contributed by atoms with Crippen LogP contribution in [-0.2, 0) is 4.79 Å². The van der Waals surface area contributed by atoms with Gasteiger partial charge >= 0.3 is 0 Å². The Bertz CT molecular complexity index is 374. The molecule has 0 atom stereocenters. The minimum Gasteiger partial charge on any atom is -0.399 e. The van der Waals surface area contributed by atoms with E-state index in [1.165, 1.54) is 12.8 Å². The molecule has 1 rings (SSSR count). The van der Waals surface area contributed by atoms with Gasteiger partial charge in [-0.15, -0.1) is 0 Å². The Morgan fingerprint density at radius 1 is 1.29 bits per heavy atom. The molecular weight excluding hydrogens is 212 g/mol. The van der Waals surface area contributed by atoms with Crippen LogP contribution in [0.15, 0.2) is 18.2 Å². The van der Waals surface area contributed by atoms with Gasteiger partial charge in [0, 0.05) is 17.8 Å². The second kappa shape index (κ2) is 6.94. The highest BCUT2D eigenvalue weighted by molar-refractivity contribution is 5.91. The summed E-state index contributed by atoms with van der Waals surface area (Å²) in [4.78, 5) is 11.6. The third kappa shape index (κ3) is 4.89. The van der Waals surface area contributed by atoms with Gasteiger partial charge in [0.2, 0.25) is 5.91 Å². The Morgan fingerprint density at radius 2 is 2.06 bits per heavy atom. The number of hydrogen-bond acceptors (Lipinski definition) is 2. The molecule has 0 aliphatic heterocycles. The van der Waals surface area contributed by atoms with E-state index >= 15 is 0 Å². The third-order valence-electron chi connectivity index (χ3n) is 2.81. The SMILES string of the molecule is CCCCCCC(=O)Nc1ccc(N)c(C)c1. The van der Waals surface area contributed by atoms with Crippen molar-refractivity contribution in [3.05, 3.63) is 23.8 Å². The number of carbonyl (C=O) groups excluding carboxylic acids is 1. The molecular formula is C14H22N2O. The molecule has 0 heterocycles. The molecule has 0 fully saturated rings. The first kappa shape index (κ1) is 13.6. The number of nitrogen functional groups attached to an aromatic ring is 1. The van der Waals surface area contributed by atoms with Gasteiger partial charge < -0.3 is 11.1 Å². The lowest BCUT2D eigenvalue weighted by Crippen LogP contribution is -2.11. The number of anilines is 2. The lowest BCUT2D eigenvalue weighted by atomic mass is 10.1. The standard InChI is InChI=1S/C14H22N2O/c1-3-4-5-6-7-14(17)16-12-8-9-13(15)11(2)10-12/h8-10H,3-7,15H2,1-2H3,(H,16,17). The first-order chi connectivity index (χ1) is 8.13. The summed E-state index contributed by atoms with van der Waals surface area (Å²) in [5.41, 5.74) is 8.30. The summed E-state index contributed by atoms with van der Waals surface area (Å²) >= 11 is 0. The Kier molecular flexibility index (Phi) is 5.53. The second-order valence-electron chi connectivity index (χ2n) is 4.43. The largest absolute Gasteiger partial charge is 0.399 e. The summed E-state index contributed by atoms with van der Waals surface area (Å²) in [5.74, 6) is 0.0882. The Morgan fingerprint density at radius 3 is 2.71 bits per heavy atom. The van der Waals surface area contributed by atoms with Crippen molar-refractivity contribution < 1.29 is 4.79 Å². The van der Waals surface area contributed by atoms with Gasteiger partial charge in [-0.05, 0) is 37.1 Å². The highest BCUT2D eigenvalue weighted by atomic mass is 16.1. The molecule has 0 saturated heterocycles. The molecule has 1 aromatic rings. The van der Waals surface area contributed by atoms with Gasteiger partial charge in [-0.1, -0.05) is 26.2 Å². The number of unbranched alkanes of at least 4 members (excludes halogenated alkanes) is 3. The maximum Gasteiger partial charge on any atom is 0.224 e. The van der Waals surface area contributed by atoms with Crippen LogP contribution < -0.4 is 11.1 Å². The van der Waals surface area contributed by atoms with E-state index in [2.05, 4.69) is 12.2 Å². The van der Waals surface area contributed by atoms with E-state index in [-0.39, 0.29) is 5.91 Å². The first-order valence-corrected chi connectivity index (χ1v) is 6.29. The van der Waals surface area contributed by atoms with Crippen LogP contribution in [0.25, 0.3) is 0 Å². The smallest absolute Gasteiger partial charge is 0.224 e. The van der Waals surface area contributed by atoms with E-state index < -0.39 is 0 Å². The van der Waals surface area contributed by atoms with Gasteiger partial charge in [0.1, 0.15) is 0 Å². The fraction of sp³-hybridized carbons (Fsp3) is 0.500. The van der Waals surface area contributed by atoms with Crippen molar-refractivity contribution in [1.82, 2.24) is 0 Å². The van der Waals surface area contributed by atoms with E-state index in [4.69, 9.17) is 5.73 Å². The molecule has 0 aromatic heterocycles. The van der Waals surface area contributed by atoms with Crippen LogP contribution in [0.4, 0.5) is 11.4 Å². The predicted molar refractivity (Wildman–Crippen MR) is 73.0 cm³/mol. The quantitative estimate of drug-likeness (QED) is 0.584. The fourth-order valence-corrected chi connectivity index (χ4v) is 1.69. The van der Waals surface area contributed by atoms with Crippen molar-refractivity contribution >= 4 is 17.3 Å². The molecule has 3 N–H and O–H groups in total. The van der Waals surface area contributed by atoms with Gasteiger partial charge in [0.15, 0.2) is 0 Å². The number of hydrogen-bond donors (Lipinski definition) is 2. The topological polar surface area (TPSA) is 55.1 Å². The van der Waals surface area contributed by atoms with Gasteiger partial charge in [-0.2, -0.15) is 0 Å². The van der Waals surface area contributed by atoms with Gasteiger partial charge in [0.05, 0.1) is 0 Å². The summed E-state index contributed by atoms with van der Waals surface area (Å²) in [6.45, 7) is 4.10. The monoisotopic (exact) mass is 234 g/mol. The highest BCUT2D eigenvalue weighted by Gasteiger charge is 2.03. The maximum absolute atomic E-state index is 11.6. The molecule has 0 spiro atoms. The summed E-state index contributed by atoms with van der Waals surface area (Å²) in [5, 5.41) is 2.89. The van der Waals surface area contributed by atoms with Crippen molar-refractivity contribution in [1.29, 1.82) is 0 Å². The van der Waals surface area contributed by atoms with Gasteiger partial charge in [-0.3, -0.25) is 4.79 Å². The van der Waals surface area contributed by atoms with Crippen LogP contribution in [0, 0.1) is 6.92 Å². The number of nitrogens with two attached hydrogens (primary N) is 1. The molecule has 94 valence electrons. The third-order valence-corrected chi connectivity index (χ3v) is 2.81. The maximum atomic E-state index is 11.6. The molecule has 0 saturated carbocycles. The Labute approximate surface area is 103 Å². The lowest BCUT2D eigenvalue weighted by Gasteiger charge is -2.07. The van der Waals surface area contributed by atoms with E-state index in [1.54, 1.807) is 0 Å². The highest BCUT2D eigenvalue weighted by Crippen LogP contribution is 2.17. The summed E-state index contributed by atoms with van der Waals surface area (Å²) in [7, 11) is 0. The van der Waals surface area contributed by atoms with Crippen molar-refractivity contribution in [3.8, 4) is 0 Å². The van der Waals surface area contributed by atoms with E-state index in [0.717, 1.165) is 29.8 Å². The van der Waals surface area contributed by atoms with Gasteiger partial charge in [0.25, 0.3) is 0 Å². The molecule has 1 aromatic carbocycles. The number of nitrogens with one attached hydrogen (secondary N) is 1. The molecule has 3 heteroatoms. The van der Waals surface area contributed by atoms with Crippen LogP contribution in [0.5, 0.6) is 0 Å². The zero-order valence-corrected chi connectivity index (χ0v) is 10.8. The molecule has 0 radical (unpaired) electrons. The predicted octanol–water partition coefficient (Wildman–Crippen LogP) is 3.49. The van der Waals surface area contributed by atoms with E-state index in [9.17, 15) is 4.79 Å². The van der Waals surface area contributed by atoms with Crippen molar-refractivity contribution in [2.45, 2.75) is 46.0 Å². The van der Waals surface area contributed by atoms with E-state index in [1.807, 2.05) is 25.1 Å². The summed E-state index contributed by atoms with van der Waals surface area (Å²) in [6, 6.07) is 5.56. The zero-order chi connectivity index (χ0) is 12.7. The molecule has 3 nitrogen and oxygen atoms in total. The fourth-order valence-electron chi connectivity index (χ4n) is 1.69. The minimum absolute atomic E-state index is 0.0882. The normalized spacial score (nSPS) is 10.2. The zero-order valence-electron chi connectivity index (χ0n) is 10.8. The average molecular weight is 234 g/mol. The second-order valence-corrected chi connectivity index (χ2v) is 4.43. The van der Waals surface area contributed by atoms with Crippen LogP contribution in [0.3, 0.4) is 0 Å². The summed E-state index contributed by atoms with van der Waals surface area (Å²) < 4.78 is 0. The van der Waals surface area contributed by atoms with Crippen molar-refractivity contribution in [3.63, 3.8) is 0 Å². The number of aryl methyl sites for hydroxylation is 1. The lowest BCUT2D eigenvalue weighted by molar-refractivity contribution is -0.116. The Hall–Kier alpha value is -1.51. The molecule has 0 unspecified atom stereocenters. The molecule has 0 aliphatic rings. The van der Waals surface area contributed by atoms with Crippen LogP contribution >= 0.6 is 0 Å². The average Bonchev–Trinajstić information content (AvgIpc) is 2.30. The number of amides is 1. The number of carbonyl (C=O) groups is 1. The van der Waals surface area contributed by atoms with Crippen LogP contribution in [0.1, 0.15) is 44.6 Å². The van der Waals surface area contributed by atoms with Crippen molar-refractivity contribution in [2.24, 2.45) is 0 Å². The summed E-state index contributed by atoms with van der Waals surface area (Å²) in [6.07, 6.45) is 5.09. The number of rotatable bonds is 6. The molecule has 0 aliphatic carbocycles. The first-order valence-electron chi connectivity index (χ1n) is 6.29. The van der Waals surface area contributed by atoms with Crippen LogP contribution in [0.2, 0.25) is 0 Å². The molecule has 0 bridgehead atoms. The molecule has 17 heavy (non-hydrogen) atoms. The van der Waals surface area contributed by atoms with Crippen molar-refractivity contribution in [2.75, 3.05) is 11.1 Å². The van der Waals surface area contributed by atoms with Crippen LogP contribution in [-0.4, -0.2) is 5.91 Å². The molecule has 1 amide bonds. The van der Waals surface area contributed by atoms with E-state index in [0.29, 0.717) is 6.42 Å². The Balaban J connectivity index is 2.37. The minimum atomic E-state index is 0.0882. The van der Waals surface area contributed by atoms with Gasteiger partial charge in [-0.25, -0.2) is 0 Å². The number of benzene rings is 1.